The fourth-order valence-electron chi connectivity index (χ4n) is 2.43. The molecule has 1 heterocycles. The molecule has 0 unspecified atom stereocenters. The lowest BCUT2D eigenvalue weighted by Crippen LogP contribution is -2.90. The minimum atomic E-state index is -1.02. The van der Waals surface area contributed by atoms with E-state index in [1.165, 1.54) is 12.1 Å². The van der Waals surface area contributed by atoms with Crippen molar-refractivity contribution in [2.45, 2.75) is 18.0 Å². The largest absolute Gasteiger partial charge is 0.544 e. The van der Waals surface area contributed by atoms with Gasteiger partial charge in [0, 0.05) is 5.56 Å². The summed E-state index contributed by atoms with van der Waals surface area (Å²) in [6.45, 7) is 0.300. The monoisotopic (exact) mass is 333 g/mol. The van der Waals surface area contributed by atoms with Gasteiger partial charge in [0.25, 0.3) is 0 Å². The molecule has 1 saturated heterocycles. The Labute approximate surface area is 137 Å². The number of rotatable bonds is 5. The van der Waals surface area contributed by atoms with Crippen molar-refractivity contribution in [2.24, 2.45) is 0 Å². The highest BCUT2D eigenvalue weighted by Gasteiger charge is 2.30. The van der Waals surface area contributed by atoms with E-state index in [1.54, 1.807) is 17.8 Å². The minimum Gasteiger partial charge on any atom is -0.544 e. The lowest BCUT2D eigenvalue weighted by molar-refractivity contribution is -0.690. The summed E-state index contributed by atoms with van der Waals surface area (Å²) in [5, 5.41) is 12.7. The number of quaternary nitrogens is 1. The van der Waals surface area contributed by atoms with Gasteiger partial charge in [-0.1, -0.05) is 23.9 Å². The number of nitrogens with two attached hydrogens (primary N) is 1. The highest BCUT2D eigenvalue weighted by molar-refractivity contribution is 7.99. The number of carbonyl (C=O) groups excluding carboxylic acids is 1. The third-order valence-electron chi connectivity index (χ3n) is 3.67. The van der Waals surface area contributed by atoms with Gasteiger partial charge in [0.15, 0.2) is 5.37 Å². The van der Waals surface area contributed by atoms with Gasteiger partial charge >= 0.3 is 0 Å². The second-order valence-electron chi connectivity index (χ2n) is 5.36. The summed E-state index contributed by atoms with van der Waals surface area (Å²) in [7, 11) is 0. The molecular formula is C17H16FNO3S. The van der Waals surface area contributed by atoms with Gasteiger partial charge in [0.05, 0.1) is 5.75 Å². The molecule has 0 radical (unpaired) electrons. The molecule has 0 saturated carbocycles. The van der Waals surface area contributed by atoms with Crippen LogP contribution in [0.25, 0.3) is 0 Å². The molecule has 0 aromatic heterocycles. The summed E-state index contributed by atoms with van der Waals surface area (Å²) in [6, 6.07) is 13.3. The first-order valence-corrected chi connectivity index (χ1v) is 8.31. The van der Waals surface area contributed by atoms with Gasteiger partial charge in [-0.25, -0.2) is 4.39 Å². The summed E-state index contributed by atoms with van der Waals surface area (Å²) in [5.74, 6) is -0.0598. The van der Waals surface area contributed by atoms with Crippen molar-refractivity contribution in [2.75, 3.05) is 5.75 Å². The lowest BCUT2D eigenvalue weighted by atomic mass is 10.2. The molecule has 1 aliphatic rings. The summed E-state index contributed by atoms with van der Waals surface area (Å²) in [4.78, 5) is 10.9. The molecule has 0 spiro atoms. The Morgan fingerprint density at radius 1 is 1.30 bits per heavy atom. The molecule has 0 amide bonds. The fourth-order valence-corrected chi connectivity index (χ4v) is 3.74. The van der Waals surface area contributed by atoms with E-state index in [4.69, 9.17) is 4.74 Å². The van der Waals surface area contributed by atoms with E-state index in [1.807, 2.05) is 35.6 Å². The van der Waals surface area contributed by atoms with E-state index < -0.39 is 12.0 Å². The van der Waals surface area contributed by atoms with E-state index in [-0.39, 0.29) is 11.2 Å². The van der Waals surface area contributed by atoms with E-state index in [9.17, 15) is 14.3 Å². The number of thioether (sulfide) groups is 1. The normalized spacial score (nSPS) is 20.4. The Balaban J connectivity index is 1.58. The molecule has 6 heteroatoms. The molecule has 3 rings (SSSR count). The molecule has 2 N–H and O–H groups in total. The fraction of sp³-hybridized carbons (Fsp3) is 0.235. The van der Waals surface area contributed by atoms with Crippen LogP contribution in [0.2, 0.25) is 0 Å². The first kappa shape index (κ1) is 15.8. The molecule has 2 atom stereocenters. The Morgan fingerprint density at radius 3 is 2.74 bits per heavy atom. The summed E-state index contributed by atoms with van der Waals surface area (Å²) >= 11 is 1.59. The van der Waals surface area contributed by atoms with E-state index in [2.05, 4.69) is 0 Å². The summed E-state index contributed by atoms with van der Waals surface area (Å²) in [5.41, 5.74) is 1.81. The van der Waals surface area contributed by atoms with E-state index in [0.29, 0.717) is 18.1 Å². The SMILES string of the molecule is O=C([O-])[C@H]1CS[C@@H](c2ccc(OCc3cccc(F)c3)cc2)[NH2+]1. The summed E-state index contributed by atoms with van der Waals surface area (Å²) in [6.07, 6.45) is 0. The Bertz CT molecular complexity index is 692. The Hall–Kier alpha value is -2.05. The zero-order chi connectivity index (χ0) is 16.2. The zero-order valence-electron chi connectivity index (χ0n) is 12.3. The average Bonchev–Trinajstić information content (AvgIpc) is 3.04. The molecule has 2 aromatic rings. The van der Waals surface area contributed by atoms with Crippen molar-refractivity contribution in [3.05, 3.63) is 65.5 Å². The molecule has 23 heavy (non-hydrogen) atoms. The van der Waals surface area contributed by atoms with Crippen LogP contribution in [0.15, 0.2) is 48.5 Å². The second kappa shape index (κ2) is 7.02. The van der Waals surface area contributed by atoms with Gasteiger partial charge in [0.2, 0.25) is 0 Å². The number of carbonyl (C=O) groups is 1. The first-order chi connectivity index (χ1) is 11.1. The van der Waals surface area contributed by atoms with Crippen LogP contribution in [-0.2, 0) is 11.4 Å². The Kier molecular flexibility index (Phi) is 4.83. The number of hydrogen-bond acceptors (Lipinski definition) is 4. The number of carboxylic acid groups (broad SMARTS) is 1. The quantitative estimate of drug-likeness (QED) is 0.880. The molecular weight excluding hydrogens is 317 g/mol. The molecule has 4 nitrogen and oxygen atoms in total. The number of carboxylic acids is 1. The minimum absolute atomic E-state index is 0.0650. The van der Waals surface area contributed by atoms with Crippen molar-refractivity contribution in [3.63, 3.8) is 0 Å². The number of ether oxygens (including phenoxy) is 1. The van der Waals surface area contributed by atoms with E-state index >= 15 is 0 Å². The van der Waals surface area contributed by atoms with Gasteiger partial charge in [-0.05, 0) is 42.0 Å². The maximum atomic E-state index is 13.1. The van der Waals surface area contributed by atoms with Crippen LogP contribution in [0, 0.1) is 5.82 Å². The van der Waals surface area contributed by atoms with Crippen LogP contribution in [0.4, 0.5) is 4.39 Å². The molecule has 1 aliphatic heterocycles. The molecule has 120 valence electrons. The molecule has 1 fully saturated rings. The predicted octanol–water partition coefficient (Wildman–Crippen LogP) is 0.832. The standard InChI is InChI=1S/C17H16FNO3S/c18-13-3-1-2-11(8-13)9-22-14-6-4-12(5-7-14)16-19-15(10-23-16)17(20)21/h1-8,15-16,19H,9-10H2,(H,20,21)/t15-,16+/m1/s1. The highest BCUT2D eigenvalue weighted by Crippen LogP contribution is 2.28. The van der Waals surface area contributed by atoms with Crippen molar-refractivity contribution < 1.29 is 24.3 Å². The third-order valence-corrected chi connectivity index (χ3v) is 5.01. The third kappa shape index (κ3) is 4.03. The lowest BCUT2D eigenvalue weighted by Gasteiger charge is -2.12. The smallest absolute Gasteiger partial charge is 0.159 e. The molecule has 2 aromatic carbocycles. The van der Waals surface area contributed by atoms with Crippen LogP contribution in [-0.4, -0.2) is 17.8 Å². The molecule has 0 bridgehead atoms. The number of benzene rings is 2. The topological polar surface area (TPSA) is 66.0 Å². The Morgan fingerprint density at radius 2 is 2.09 bits per heavy atom. The first-order valence-electron chi connectivity index (χ1n) is 7.26. The van der Waals surface area contributed by atoms with Gasteiger partial charge < -0.3 is 20.0 Å². The number of halogens is 1. The maximum absolute atomic E-state index is 13.1. The van der Waals surface area contributed by atoms with Crippen molar-refractivity contribution >= 4 is 17.7 Å². The maximum Gasteiger partial charge on any atom is 0.159 e. The van der Waals surface area contributed by atoms with Crippen LogP contribution >= 0.6 is 11.8 Å². The van der Waals surface area contributed by atoms with Gasteiger partial charge in [-0.3, -0.25) is 0 Å². The van der Waals surface area contributed by atoms with Crippen molar-refractivity contribution in [1.82, 2.24) is 0 Å². The van der Waals surface area contributed by atoms with E-state index in [0.717, 1.165) is 11.1 Å². The van der Waals surface area contributed by atoms with Gasteiger partial charge in [-0.2, -0.15) is 0 Å². The van der Waals surface area contributed by atoms with Gasteiger partial charge in [0.1, 0.15) is 30.2 Å². The van der Waals surface area contributed by atoms with Crippen LogP contribution in [0.5, 0.6) is 5.75 Å². The van der Waals surface area contributed by atoms with Gasteiger partial charge in [-0.15, -0.1) is 0 Å². The number of hydrogen-bond donors (Lipinski definition) is 1. The zero-order valence-corrected chi connectivity index (χ0v) is 13.1. The van der Waals surface area contributed by atoms with Crippen molar-refractivity contribution in [1.29, 1.82) is 0 Å². The van der Waals surface area contributed by atoms with Crippen molar-refractivity contribution in [3.8, 4) is 5.75 Å². The average molecular weight is 333 g/mol. The number of aliphatic carboxylic acids is 1. The van der Waals surface area contributed by atoms with Crippen LogP contribution in [0.1, 0.15) is 16.5 Å². The van der Waals surface area contributed by atoms with Crippen LogP contribution in [0.3, 0.4) is 0 Å². The van der Waals surface area contributed by atoms with Crippen LogP contribution < -0.4 is 15.2 Å². The summed E-state index contributed by atoms with van der Waals surface area (Å²) < 4.78 is 18.7. The predicted molar refractivity (Wildman–Crippen MR) is 83.1 cm³/mol. The second-order valence-corrected chi connectivity index (χ2v) is 6.53. The molecule has 0 aliphatic carbocycles. The highest BCUT2D eigenvalue weighted by atomic mass is 32.2.